The molecule has 0 radical (unpaired) electrons. The monoisotopic (exact) mass is 441 g/mol. The average molecular weight is 441 g/mol. The van der Waals surface area contributed by atoms with Gasteiger partial charge in [0.2, 0.25) is 12.0 Å². The number of hydrogen-bond donors (Lipinski definition) is 3. The molecule has 1 aliphatic heterocycles. The molecule has 1 saturated heterocycles. The lowest BCUT2D eigenvalue weighted by Gasteiger charge is -2.32. The van der Waals surface area contributed by atoms with E-state index < -0.39 is 36.3 Å². The van der Waals surface area contributed by atoms with Crippen molar-refractivity contribution in [2.75, 3.05) is 6.61 Å². The van der Waals surface area contributed by atoms with E-state index >= 15 is 0 Å². The molecule has 10 heteroatoms. The van der Waals surface area contributed by atoms with Crippen LogP contribution >= 0.6 is 0 Å². The zero-order chi connectivity index (χ0) is 22.5. The third kappa shape index (κ3) is 5.81. The highest BCUT2D eigenvalue weighted by Crippen LogP contribution is 2.32. The molecule has 0 spiro atoms. The highest BCUT2D eigenvalue weighted by Gasteiger charge is 2.59. The quantitative estimate of drug-likeness (QED) is 0.542. The predicted octanol–water partition coefficient (Wildman–Crippen LogP) is 1.87. The lowest BCUT2D eigenvalue weighted by molar-refractivity contribution is -0.214. The Morgan fingerprint density at radius 3 is 2.13 bits per heavy atom. The molecular formula is C21H22F3NO6. The molecule has 7 nitrogen and oxygen atoms in total. The summed E-state index contributed by atoms with van der Waals surface area (Å²) >= 11 is 0. The van der Waals surface area contributed by atoms with Gasteiger partial charge in [0.1, 0.15) is 12.2 Å². The van der Waals surface area contributed by atoms with E-state index in [0.29, 0.717) is 5.56 Å². The van der Waals surface area contributed by atoms with Crippen molar-refractivity contribution in [2.24, 2.45) is 0 Å². The van der Waals surface area contributed by atoms with Crippen molar-refractivity contribution in [2.45, 2.75) is 43.6 Å². The lowest BCUT2D eigenvalue weighted by Crippen LogP contribution is -2.64. The number of hydrogen-bond acceptors (Lipinski definition) is 6. The Balaban J connectivity index is 1.73. The molecule has 4 atom stereocenters. The minimum atomic E-state index is -5.28. The van der Waals surface area contributed by atoms with Crippen LogP contribution in [0, 0.1) is 0 Å². The first kappa shape index (κ1) is 23.2. The summed E-state index contributed by atoms with van der Waals surface area (Å²) in [5.74, 6) is -2.43. The van der Waals surface area contributed by atoms with Crippen molar-refractivity contribution in [3.8, 4) is 0 Å². The Morgan fingerprint density at radius 2 is 1.58 bits per heavy atom. The molecule has 1 heterocycles. The molecule has 1 aliphatic rings. The number of ether oxygens (including phenoxy) is 3. The number of carbonyl (C=O) groups is 1. The molecule has 1 amide bonds. The SMILES string of the molecule is O=C(N[C@@]1(O)C(O)O[C@H](COCc2ccccc2)[C@H]1OCc1ccccc1)C(F)(F)F. The van der Waals surface area contributed by atoms with E-state index in [1.807, 2.05) is 30.3 Å². The van der Waals surface area contributed by atoms with E-state index in [1.54, 1.807) is 30.3 Å². The van der Waals surface area contributed by atoms with Crippen molar-refractivity contribution in [3.05, 3.63) is 71.8 Å². The maximum Gasteiger partial charge on any atom is 0.471 e. The number of rotatable bonds is 8. The van der Waals surface area contributed by atoms with Crippen molar-refractivity contribution in [1.82, 2.24) is 5.32 Å². The van der Waals surface area contributed by atoms with Gasteiger partial charge in [-0.05, 0) is 11.1 Å². The van der Waals surface area contributed by atoms with Crippen LogP contribution in [0.15, 0.2) is 60.7 Å². The molecule has 1 fully saturated rings. The van der Waals surface area contributed by atoms with Gasteiger partial charge in [-0.15, -0.1) is 0 Å². The van der Waals surface area contributed by atoms with Crippen LogP contribution in [-0.4, -0.2) is 53.1 Å². The highest BCUT2D eigenvalue weighted by molar-refractivity contribution is 5.82. The second-order valence-corrected chi connectivity index (χ2v) is 7.02. The molecule has 3 N–H and O–H groups in total. The summed E-state index contributed by atoms with van der Waals surface area (Å²) in [6.07, 6.45) is -10.1. The summed E-state index contributed by atoms with van der Waals surface area (Å²) in [4.78, 5) is 11.4. The Kier molecular flexibility index (Phi) is 7.29. The van der Waals surface area contributed by atoms with Gasteiger partial charge in [0.05, 0.1) is 19.8 Å². The van der Waals surface area contributed by atoms with Crippen LogP contribution in [0.25, 0.3) is 0 Å². The molecule has 0 bridgehead atoms. The number of amides is 1. The zero-order valence-corrected chi connectivity index (χ0v) is 16.3. The van der Waals surface area contributed by atoms with Crippen LogP contribution in [0.2, 0.25) is 0 Å². The molecule has 0 saturated carbocycles. The number of aliphatic hydroxyl groups is 2. The van der Waals surface area contributed by atoms with E-state index in [0.717, 1.165) is 5.56 Å². The molecule has 0 aliphatic carbocycles. The molecule has 168 valence electrons. The number of aliphatic hydroxyl groups excluding tert-OH is 1. The first-order valence-corrected chi connectivity index (χ1v) is 9.42. The van der Waals surface area contributed by atoms with Crippen molar-refractivity contribution < 1.29 is 42.4 Å². The predicted molar refractivity (Wildman–Crippen MR) is 101 cm³/mol. The van der Waals surface area contributed by atoms with Gasteiger partial charge in [0.25, 0.3) is 0 Å². The second kappa shape index (κ2) is 9.75. The number of halogens is 3. The number of benzene rings is 2. The van der Waals surface area contributed by atoms with Gasteiger partial charge in [-0.1, -0.05) is 60.7 Å². The van der Waals surface area contributed by atoms with Gasteiger partial charge in [-0.2, -0.15) is 13.2 Å². The van der Waals surface area contributed by atoms with Crippen LogP contribution in [0.1, 0.15) is 11.1 Å². The Hall–Kier alpha value is -2.50. The fourth-order valence-electron chi connectivity index (χ4n) is 3.14. The topological polar surface area (TPSA) is 97.3 Å². The minimum absolute atomic E-state index is 0.110. The van der Waals surface area contributed by atoms with E-state index in [2.05, 4.69) is 0 Å². The molecule has 2 aromatic carbocycles. The van der Waals surface area contributed by atoms with Crippen LogP contribution in [0.4, 0.5) is 13.2 Å². The van der Waals surface area contributed by atoms with Gasteiger partial charge in [0, 0.05) is 0 Å². The van der Waals surface area contributed by atoms with Gasteiger partial charge in [-0.3, -0.25) is 4.79 Å². The highest BCUT2D eigenvalue weighted by atomic mass is 19.4. The van der Waals surface area contributed by atoms with Gasteiger partial charge in [-0.25, -0.2) is 0 Å². The standard InChI is InChI=1S/C21H22F3NO6/c22-21(23,24)18(26)25-20(28)17(30-12-15-9-5-2-6-10-15)16(31-19(20)27)13-29-11-14-7-3-1-4-8-14/h1-10,16-17,19,27-28H,11-13H2,(H,25,26)/t16-,17-,19?,20+/m1/s1. The summed E-state index contributed by atoms with van der Waals surface area (Å²) in [7, 11) is 0. The number of nitrogens with one attached hydrogen (secondary N) is 1. The van der Waals surface area contributed by atoms with Crippen LogP contribution in [-0.2, 0) is 32.2 Å². The fourth-order valence-corrected chi connectivity index (χ4v) is 3.14. The van der Waals surface area contributed by atoms with Crippen LogP contribution in [0.3, 0.4) is 0 Å². The molecule has 1 unspecified atom stereocenters. The number of alkyl halides is 3. The minimum Gasteiger partial charge on any atom is -0.374 e. The first-order valence-electron chi connectivity index (χ1n) is 9.42. The Morgan fingerprint density at radius 1 is 1.03 bits per heavy atom. The van der Waals surface area contributed by atoms with Crippen molar-refractivity contribution in [1.29, 1.82) is 0 Å². The summed E-state index contributed by atoms with van der Waals surface area (Å²) in [5.41, 5.74) is -1.33. The van der Waals surface area contributed by atoms with Gasteiger partial charge in [0.15, 0.2) is 0 Å². The lowest BCUT2D eigenvalue weighted by atomic mass is 10.0. The third-order valence-corrected chi connectivity index (χ3v) is 4.69. The maximum absolute atomic E-state index is 12.8. The molecular weight excluding hydrogens is 419 g/mol. The Bertz CT molecular complexity index is 851. The third-order valence-electron chi connectivity index (χ3n) is 4.69. The van der Waals surface area contributed by atoms with E-state index in [1.165, 1.54) is 5.32 Å². The largest absolute Gasteiger partial charge is 0.471 e. The molecule has 3 rings (SSSR count). The first-order chi connectivity index (χ1) is 14.7. The normalized spacial score (nSPS) is 26.0. The van der Waals surface area contributed by atoms with Crippen molar-refractivity contribution >= 4 is 5.91 Å². The van der Waals surface area contributed by atoms with Gasteiger partial charge >= 0.3 is 12.1 Å². The molecule has 0 aromatic heterocycles. The Labute approximate surface area is 176 Å². The molecule has 2 aromatic rings. The second-order valence-electron chi connectivity index (χ2n) is 7.02. The van der Waals surface area contributed by atoms with E-state index in [-0.39, 0.29) is 19.8 Å². The molecule has 31 heavy (non-hydrogen) atoms. The van der Waals surface area contributed by atoms with Crippen molar-refractivity contribution in [3.63, 3.8) is 0 Å². The summed E-state index contributed by atoms with van der Waals surface area (Å²) < 4.78 is 54.6. The summed E-state index contributed by atoms with van der Waals surface area (Å²) in [6, 6.07) is 17.7. The van der Waals surface area contributed by atoms with Crippen LogP contribution < -0.4 is 5.32 Å². The number of carbonyl (C=O) groups excluding carboxylic acids is 1. The van der Waals surface area contributed by atoms with E-state index in [9.17, 15) is 28.2 Å². The van der Waals surface area contributed by atoms with Crippen LogP contribution in [0.5, 0.6) is 0 Å². The zero-order valence-electron chi connectivity index (χ0n) is 16.3. The average Bonchev–Trinajstić information content (AvgIpc) is 2.96. The summed E-state index contributed by atoms with van der Waals surface area (Å²) in [6.45, 7) is -0.161. The fraction of sp³-hybridized carbons (Fsp3) is 0.381. The van der Waals surface area contributed by atoms with Gasteiger partial charge < -0.3 is 29.7 Å². The summed E-state index contributed by atoms with van der Waals surface area (Å²) in [5, 5.41) is 22.3. The van der Waals surface area contributed by atoms with E-state index in [4.69, 9.17) is 14.2 Å². The smallest absolute Gasteiger partial charge is 0.374 e. The maximum atomic E-state index is 12.8.